The van der Waals surface area contributed by atoms with Crippen molar-refractivity contribution in [3.8, 4) is 5.75 Å². The SMILES string of the molecule is CCc1ccc(OCC(=O)N(Cc2c(Cl)cccc2Cl)C(C)C(=O)NC(C)(C)C)c(Br)c1. The molecule has 0 aliphatic heterocycles. The number of benzene rings is 2. The van der Waals surface area contributed by atoms with Gasteiger partial charge in [0.05, 0.1) is 4.47 Å². The molecule has 2 amide bonds. The van der Waals surface area contributed by atoms with E-state index in [2.05, 4.69) is 28.2 Å². The molecule has 1 atom stereocenters. The van der Waals surface area contributed by atoms with Crippen molar-refractivity contribution in [3.63, 3.8) is 0 Å². The van der Waals surface area contributed by atoms with Crippen LogP contribution >= 0.6 is 39.1 Å². The summed E-state index contributed by atoms with van der Waals surface area (Å²) in [5.41, 5.74) is 1.29. The number of amides is 2. The highest BCUT2D eigenvalue weighted by Crippen LogP contribution is 2.28. The molecule has 174 valence electrons. The Morgan fingerprint density at radius 1 is 1.16 bits per heavy atom. The van der Waals surface area contributed by atoms with Gasteiger partial charge in [-0.25, -0.2) is 0 Å². The smallest absolute Gasteiger partial charge is 0.261 e. The van der Waals surface area contributed by atoms with E-state index in [0.29, 0.717) is 21.4 Å². The Kier molecular flexibility index (Phi) is 9.43. The van der Waals surface area contributed by atoms with Crippen molar-refractivity contribution in [1.82, 2.24) is 10.2 Å². The van der Waals surface area contributed by atoms with E-state index in [1.54, 1.807) is 25.1 Å². The minimum Gasteiger partial charge on any atom is -0.483 e. The number of hydrogen-bond donors (Lipinski definition) is 1. The van der Waals surface area contributed by atoms with Gasteiger partial charge in [0.2, 0.25) is 5.91 Å². The number of ether oxygens (including phenoxy) is 1. The molecule has 1 N–H and O–H groups in total. The summed E-state index contributed by atoms with van der Waals surface area (Å²) in [6.45, 7) is 9.23. The number of carbonyl (C=O) groups excluding carboxylic acids is 2. The zero-order valence-electron chi connectivity index (χ0n) is 19.0. The van der Waals surface area contributed by atoms with Crippen molar-refractivity contribution in [3.05, 3.63) is 62.0 Å². The normalized spacial score (nSPS) is 12.2. The first kappa shape index (κ1) is 26.5. The molecule has 1 unspecified atom stereocenters. The van der Waals surface area contributed by atoms with Gasteiger partial charge in [-0.1, -0.05) is 42.3 Å². The maximum absolute atomic E-state index is 13.2. The first-order valence-corrected chi connectivity index (χ1v) is 11.9. The second-order valence-corrected chi connectivity index (χ2v) is 10.2. The Labute approximate surface area is 208 Å². The summed E-state index contributed by atoms with van der Waals surface area (Å²) < 4.78 is 6.54. The topological polar surface area (TPSA) is 58.6 Å². The number of halogens is 3. The molecular formula is C24H29BrCl2N2O3. The molecular weight excluding hydrogens is 515 g/mol. The van der Waals surface area contributed by atoms with Gasteiger partial charge in [0.25, 0.3) is 5.91 Å². The van der Waals surface area contributed by atoms with Gasteiger partial charge in [0, 0.05) is 27.7 Å². The predicted octanol–water partition coefficient (Wildman–Crippen LogP) is 6.03. The fourth-order valence-corrected chi connectivity index (χ4v) is 4.07. The lowest BCUT2D eigenvalue weighted by Gasteiger charge is -2.31. The minimum absolute atomic E-state index is 0.0787. The summed E-state index contributed by atoms with van der Waals surface area (Å²) in [4.78, 5) is 27.5. The van der Waals surface area contributed by atoms with Crippen LogP contribution in [0.2, 0.25) is 10.0 Å². The lowest BCUT2D eigenvalue weighted by atomic mass is 10.1. The number of nitrogens with zero attached hydrogens (tertiary/aromatic N) is 1. The quantitative estimate of drug-likeness (QED) is 0.442. The molecule has 0 heterocycles. The molecule has 0 saturated carbocycles. The molecule has 0 aliphatic carbocycles. The molecule has 0 radical (unpaired) electrons. The summed E-state index contributed by atoms with van der Waals surface area (Å²) in [5.74, 6) is -0.0791. The second-order valence-electron chi connectivity index (χ2n) is 8.54. The van der Waals surface area contributed by atoms with Crippen LogP contribution in [-0.2, 0) is 22.6 Å². The first-order valence-electron chi connectivity index (χ1n) is 10.4. The fourth-order valence-electron chi connectivity index (χ4n) is 3.01. The Morgan fingerprint density at radius 3 is 2.31 bits per heavy atom. The third-order valence-electron chi connectivity index (χ3n) is 4.81. The largest absolute Gasteiger partial charge is 0.483 e. The Bertz CT molecular complexity index is 956. The van der Waals surface area contributed by atoms with Crippen LogP contribution in [-0.4, -0.2) is 34.9 Å². The van der Waals surface area contributed by atoms with Gasteiger partial charge in [0.1, 0.15) is 11.8 Å². The maximum Gasteiger partial charge on any atom is 0.261 e. The van der Waals surface area contributed by atoms with Gasteiger partial charge >= 0.3 is 0 Å². The number of carbonyl (C=O) groups is 2. The Hall–Kier alpha value is -1.76. The molecule has 32 heavy (non-hydrogen) atoms. The van der Waals surface area contributed by atoms with E-state index in [1.807, 2.05) is 39.0 Å². The van der Waals surface area contributed by atoms with E-state index in [1.165, 1.54) is 4.90 Å². The predicted molar refractivity (Wildman–Crippen MR) is 133 cm³/mol. The minimum atomic E-state index is -0.761. The summed E-state index contributed by atoms with van der Waals surface area (Å²) in [6.07, 6.45) is 0.893. The lowest BCUT2D eigenvalue weighted by Crippen LogP contribution is -2.53. The van der Waals surface area contributed by atoms with Crippen molar-refractivity contribution in [2.45, 2.75) is 59.2 Å². The van der Waals surface area contributed by atoms with Crippen LogP contribution < -0.4 is 10.1 Å². The average Bonchev–Trinajstić information content (AvgIpc) is 2.70. The van der Waals surface area contributed by atoms with Crippen LogP contribution in [0.4, 0.5) is 0 Å². The number of hydrogen-bond acceptors (Lipinski definition) is 3. The van der Waals surface area contributed by atoms with Crippen molar-refractivity contribution in [1.29, 1.82) is 0 Å². The van der Waals surface area contributed by atoms with Crippen molar-refractivity contribution in [2.75, 3.05) is 6.61 Å². The van der Waals surface area contributed by atoms with Gasteiger partial charge in [-0.05, 0) is 79.9 Å². The Morgan fingerprint density at radius 2 is 1.78 bits per heavy atom. The summed E-state index contributed by atoms with van der Waals surface area (Å²) >= 11 is 16.1. The molecule has 2 rings (SSSR count). The third kappa shape index (κ3) is 7.39. The highest BCUT2D eigenvalue weighted by Gasteiger charge is 2.29. The average molecular weight is 544 g/mol. The van der Waals surface area contributed by atoms with Crippen LogP contribution in [0, 0.1) is 0 Å². The third-order valence-corrected chi connectivity index (χ3v) is 6.14. The van der Waals surface area contributed by atoms with Gasteiger partial charge < -0.3 is 15.0 Å². The molecule has 0 saturated heterocycles. The summed E-state index contributed by atoms with van der Waals surface area (Å²) in [7, 11) is 0. The number of nitrogens with one attached hydrogen (secondary N) is 1. The van der Waals surface area contributed by atoms with Crippen LogP contribution in [0.1, 0.15) is 45.7 Å². The molecule has 0 aromatic heterocycles. The van der Waals surface area contributed by atoms with E-state index >= 15 is 0 Å². The van der Waals surface area contributed by atoms with Crippen LogP contribution in [0.5, 0.6) is 5.75 Å². The van der Waals surface area contributed by atoms with Crippen molar-refractivity contribution in [2.24, 2.45) is 0 Å². The van der Waals surface area contributed by atoms with Crippen molar-refractivity contribution >= 4 is 50.9 Å². The van der Waals surface area contributed by atoms with Gasteiger partial charge in [-0.2, -0.15) is 0 Å². The molecule has 8 heteroatoms. The molecule has 0 fully saturated rings. The summed E-state index contributed by atoms with van der Waals surface area (Å²) in [6, 6.07) is 10.1. The van der Waals surface area contributed by atoms with Crippen LogP contribution in [0.15, 0.2) is 40.9 Å². The molecule has 2 aromatic rings. The van der Waals surface area contributed by atoms with E-state index < -0.39 is 11.6 Å². The standard InChI is InChI=1S/C24H29BrCl2N2O3/c1-6-16-10-11-21(18(25)12-16)32-14-22(30)29(15(2)23(31)28-24(3,4)5)13-17-19(26)8-7-9-20(17)27/h7-12,15H,6,13-14H2,1-5H3,(H,28,31). The molecule has 0 aliphatic rings. The van der Waals surface area contributed by atoms with Gasteiger partial charge in [0.15, 0.2) is 6.61 Å². The van der Waals surface area contributed by atoms with E-state index in [4.69, 9.17) is 27.9 Å². The van der Waals surface area contributed by atoms with E-state index in [0.717, 1.165) is 16.5 Å². The van der Waals surface area contributed by atoms with E-state index in [9.17, 15) is 9.59 Å². The zero-order chi connectivity index (χ0) is 24.1. The monoisotopic (exact) mass is 542 g/mol. The van der Waals surface area contributed by atoms with Crippen LogP contribution in [0.25, 0.3) is 0 Å². The Balaban J connectivity index is 2.26. The maximum atomic E-state index is 13.2. The number of aryl methyl sites for hydroxylation is 1. The zero-order valence-corrected chi connectivity index (χ0v) is 22.1. The fraction of sp³-hybridized carbons (Fsp3) is 0.417. The molecule has 0 spiro atoms. The molecule has 5 nitrogen and oxygen atoms in total. The van der Waals surface area contributed by atoms with E-state index in [-0.39, 0.29) is 25.0 Å². The van der Waals surface area contributed by atoms with Crippen molar-refractivity contribution < 1.29 is 14.3 Å². The number of rotatable bonds is 8. The van der Waals surface area contributed by atoms with Gasteiger partial charge in [-0.15, -0.1) is 0 Å². The highest BCUT2D eigenvalue weighted by atomic mass is 79.9. The first-order chi connectivity index (χ1) is 14.9. The van der Waals surface area contributed by atoms with Gasteiger partial charge in [-0.3, -0.25) is 9.59 Å². The van der Waals surface area contributed by atoms with Crippen LogP contribution in [0.3, 0.4) is 0 Å². The lowest BCUT2D eigenvalue weighted by molar-refractivity contribution is -0.142. The molecule has 2 aromatic carbocycles. The highest BCUT2D eigenvalue weighted by molar-refractivity contribution is 9.10. The second kappa shape index (κ2) is 11.4. The molecule has 0 bridgehead atoms. The summed E-state index contributed by atoms with van der Waals surface area (Å²) in [5, 5.41) is 3.77.